The van der Waals surface area contributed by atoms with Gasteiger partial charge in [0.25, 0.3) is 5.91 Å². The zero-order chi connectivity index (χ0) is 20.8. The minimum absolute atomic E-state index is 0.275. The minimum atomic E-state index is -0.888. The van der Waals surface area contributed by atoms with E-state index in [1.165, 1.54) is 4.90 Å². The van der Waals surface area contributed by atoms with Gasteiger partial charge in [-0.05, 0) is 42.3 Å². The van der Waals surface area contributed by atoms with Gasteiger partial charge in [-0.25, -0.2) is 9.96 Å². The fraction of sp³-hybridized carbons (Fsp3) is 0.167. The van der Waals surface area contributed by atoms with Gasteiger partial charge in [-0.2, -0.15) is 0 Å². The van der Waals surface area contributed by atoms with Gasteiger partial charge in [-0.1, -0.05) is 66.2 Å². The topological polar surface area (TPSA) is 49.9 Å². The Hall–Kier alpha value is -3.15. The molecule has 3 atom stereocenters. The molecule has 3 aromatic rings. The fourth-order valence-corrected chi connectivity index (χ4v) is 4.45. The van der Waals surface area contributed by atoms with Crippen LogP contribution >= 0.6 is 11.6 Å². The molecule has 0 radical (unpaired) electrons. The lowest BCUT2D eigenvalue weighted by Gasteiger charge is -2.29. The van der Waals surface area contributed by atoms with Gasteiger partial charge in [0.1, 0.15) is 5.92 Å². The maximum absolute atomic E-state index is 13.6. The van der Waals surface area contributed by atoms with Crippen molar-refractivity contribution in [3.8, 4) is 0 Å². The predicted molar refractivity (Wildman–Crippen MR) is 115 cm³/mol. The first kappa shape index (κ1) is 18.9. The summed E-state index contributed by atoms with van der Waals surface area (Å²) in [4.78, 5) is 34.3. The number of hydrogen-bond donors (Lipinski definition) is 0. The number of amides is 2. The number of rotatable bonds is 3. The maximum atomic E-state index is 13.6. The second-order valence-electron chi connectivity index (χ2n) is 7.46. The molecule has 2 saturated heterocycles. The third-order valence-corrected chi connectivity index (χ3v) is 6.16. The zero-order valence-electron chi connectivity index (χ0n) is 16.2. The molecule has 5 rings (SSSR count). The van der Waals surface area contributed by atoms with E-state index in [2.05, 4.69) is 0 Å². The van der Waals surface area contributed by atoms with Gasteiger partial charge in [0.15, 0.2) is 6.10 Å². The molecule has 2 aliphatic heterocycles. The number of hydrogen-bond acceptors (Lipinski definition) is 4. The summed E-state index contributed by atoms with van der Waals surface area (Å²) in [6.07, 6.45) is -0.888. The van der Waals surface area contributed by atoms with Gasteiger partial charge in [0.2, 0.25) is 5.91 Å². The van der Waals surface area contributed by atoms with Crippen molar-refractivity contribution in [2.24, 2.45) is 5.92 Å². The molecule has 0 aromatic heterocycles. The van der Waals surface area contributed by atoms with Crippen LogP contribution in [-0.4, -0.2) is 17.9 Å². The molecule has 0 aliphatic carbocycles. The maximum Gasteiger partial charge on any atom is 0.266 e. The van der Waals surface area contributed by atoms with Gasteiger partial charge >= 0.3 is 0 Å². The molecule has 0 N–H and O–H groups in total. The van der Waals surface area contributed by atoms with Crippen molar-refractivity contribution in [1.29, 1.82) is 0 Å². The van der Waals surface area contributed by atoms with Crippen molar-refractivity contribution >= 4 is 34.8 Å². The Bertz CT molecular complexity index is 1120. The van der Waals surface area contributed by atoms with Crippen molar-refractivity contribution in [1.82, 2.24) is 0 Å². The summed E-state index contributed by atoms with van der Waals surface area (Å²) in [6.45, 7) is 1.80. The smallest absolute Gasteiger partial charge is 0.266 e. The lowest BCUT2D eigenvalue weighted by atomic mass is 9.90. The lowest BCUT2D eigenvalue weighted by Crippen LogP contribution is -2.37. The quantitative estimate of drug-likeness (QED) is 0.578. The summed E-state index contributed by atoms with van der Waals surface area (Å²) < 4.78 is 0. The number of carbonyl (C=O) groups is 2. The Morgan fingerprint density at radius 2 is 1.50 bits per heavy atom. The highest BCUT2D eigenvalue weighted by atomic mass is 35.5. The van der Waals surface area contributed by atoms with E-state index in [1.54, 1.807) is 30.2 Å². The highest BCUT2D eigenvalue weighted by molar-refractivity contribution is 6.32. The van der Waals surface area contributed by atoms with E-state index in [1.807, 2.05) is 60.7 Å². The second kappa shape index (κ2) is 7.27. The summed E-state index contributed by atoms with van der Waals surface area (Å²) in [5.74, 6) is -1.30. The Kier molecular flexibility index (Phi) is 4.57. The normalized spacial score (nSPS) is 23.2. The number of nitrogens with zero attached hydrogens (tertiary/aromatic N) is 2. The lowest BCUT2D eigenvalue weighted by molar-refractivity contribution is -0.126. The molecule has 150 valence electrons. The summed E-state index contributed by atoms with van der Waals surface area (Å²) in [6, 6.07) is 24.0. The van der Waals surface area contributed by atoms with Crippen LogP contribution in [0.5, 0.6) is 0 Å². The monoisotopic (exact) mass is 418 g/mol. The van der Waals surface area contributed by atoms with Crippen molar-refractivity contribution < 1.29 is 14.4 Å². The largest absolute Gasteiger partial charge is 0.273 e. The molecule has 3 aromatic carbocycles. The average molecular weight is 419 g/mol. The molecule has 2 heterocycles. The van der Waals surface area contributed by atoms with Gasteiger partial charge in [-0.15, -0.1) is 0 Å². The van der Waals surface area contributed by atoms with E-state index in [9.17, 15) is 9.59 Å². The molecule has 0 bridgehead atoms. The third-order valence-electron chi connectivity index (χ3n) is 5.75. The Morgan fingerprint density at radius 3 is 2.20 bits per heavy atom. The van der Waals surface area contributed by atoms with Gasteiger partial charge in [0, 0.05) is 5.02 Å². The number of carbonyl (C=O) groups excluding carboxylic acids is 2. The first-order chi connectivity index (χ1) is 14.6. The molecule has 2 aliphatic rings. The molecule has 0 spiro atoms. The van der Waals surface area contributed by atoms with Crippen LogP contribution in [0.15, 0.2) is 78.9 Å². The number of imide groups is 1. The molecule has 5 nitrogen and oxygen atoms in total. The molecular formula is C24H19ClN2O3. The van der Waals surface area contributed by atoms with Crippen LogP contribution in [0.1, 0.15) is 17.2 Å². The summed E-state index contributed by atoms with van der Waals surface area (Å²) >= 11 is 6.25. The summed E-state index contributed by atoms with van der Waals surface area (Å²) in [5, 5.41) is 2.21. The molecule has 6 heteroatoms. The van der Waals surface area contributed by atoms with Crippen LogP contribution in [-0.2, 0) is 14.4 Å². The molecule has 0 saturated carbocycles. The van der Waals surface area contributed by atoms with Crippen LogP contribution in [0.3, 0.4) is 0 Å². The zero-order valence-corrected chi connectivity index (χ0v) is 17.0. The van der Waals surface area contributed by atoms with Crippen LogP contribution in [0.4, 0.5) is 11.4 Å². The van der Waals surface area contributed by atoms with E-state index < -0.39 is 18.1 Å². The van der Waals surface area contributed by atoms with Crippen molar-refractivity contribution in [2.45, 2.75) is 19.1 Å². The van der Waals surface area contributed by atoms with Crippen LogP contribution < -0.4 is 9.96 Å². The van der Waals surface area contributed by atoms with Crippen LogP contribution in [0.25, 0.3) is 0 Å². The molecule has 2 fully saturated rings. The number of anilines is 2. The van der Waals surface area contributed by atoms with E-state index in [4.69, 9.17) is 16.4 Å². The first-order valence-electron chi connectivity index (χ1n) is 9.77. The van der Waals surface area contributed by atoms with E-state index in [0.717, 1.165) is 11.3 Å². The molecule has 2 amide bonds. The van der Waals surface area contributed by atoms with Crippen LogP contribution in [0, 0.1) is 12.8 Å². The number of benzene rings is 3. The second-order valence-corrected chi connectivity index (χ2v) is 7.87. The van der Waals surface area contributed by atoms with E-state index in [0.29, 0.717) is 16.3 Å². The SMILES string of the molecule is Cc1c(Cl)cccc1N1C(=O)[C@H]2[C@H](ON(c3ccccc3)[C@H]2c2ccccc2)C1=O. The minimum Gasteiger partial charge on any atom is -0.273 e. The Labute approximate surface area is 179 Å². The van der Waals surface area contributed by atoms with Crippen molar-refractivity contribution in [3.63, 3.8) is 0 Å². The van der Waals surface area contributed by atoms with Crippen molar-refractivity contribution in [3.05, 3.63) is 95.0 Å². The predicted octanol–water partition coefficient (Wildman–Crippen LogP) is 4.70. The number of para-hydroxylation sites is 1. The number of halogens is 1. The summed E-state index contributed by atoms with van der Waals surface area (Å²) in [7, 11) is 0. The van der Waals surface area contributed by atoms with Crippen molar-refractivity contribution in [2.75, 3.05) is 9.96 Å². The van der Waals surface area contributed by atoms with E-state index in [-0.39, 0.29) is 11.8 Å². The fourth-order valence-electron chi connectivity index (χ4n) is 4.28. The Balaban J connectivity index is 1.60. The Morgan fingerprint density at radius 1 is 0.833 bits per heavy atom. The highest BCUT2D eigenvalue weighted by Crippen LogP contribution is 2.48. The van der Waals surface area contributed by atoms with E-state index >= 15 is 0 Å². The third kappa shape index (κ3) is 2.82. The summed E-state index contributed by atoms with van der Waals surface area (Å²) in [5.41, 5.74) is 2.91. The molecular weight excluding hydrogens is 400 g/mol. The average Bonchev–Trinajstić information content (AvgIpc) is 3.28. The van der Waals surface area contributed by atoms with Gasteiger partial charge in [0.05, 0.1) is 17.4 Å². The van der Waals surface area contributed by atoms with Gasteiger partial charge < -0.3 is 0 Å². The van der Waals surface area contributed by atoms with Crippen LogP contribution in [0.2, 0.25) is 5.02 Å². The van der Waals surface area contributed by atoms with Gasteiger partial charge in [-0.3, -0.25) is 14.4 Å². The molecule has 30 heavy (non-hydrogen) atoms. The molecule has 0 unspecified atom stereocenters. The highest BCUT2D eigenvalue weighted by Gasteiger charge is 2.60. The standard InChI is InChI=1S/C24H19ClN2O3/c1-15-18(25)13-8-14-19(15)26-23(28)20-21(16-9-4-2-5-10-16)27(30-22(20)24(26)29)17-11-6-3-7-12-17/h2-14,20-22H,1H3/t20-,21+,22+/m1/s1. The number of hydroxylamine groups is 1. The number of fused-ring (bicyclic) bond motifs is 1. The first-order valence-corrected chi connectivity index (χ1v) is 10.1.